The van der Waals surface area contributed by atoms with Gasteiger partial charge in [0, 0.05) is 56.6 Å². The lowest BCUT2D eigenvalue weighted by atomic mass is 9.87. The average Bonchev–Trinajstić information content (AvgIpc) is 1.72. The Morgan fingerprint density at radius 2 is 0.767 bits per heavy atom. The van der Waals surface area contributed by atoms with Crippen molar-refractivity contribution in [3.63, 3.8) is 0 Å². The molecular weight excluding hydrogens is 1180 g/mol. The standard InChI is InChI=1S/C19H34N3O7P.C19H34N3O6PS.C19H33N3O4/c1-11-10-22(17(23)21-15(11)20)16-14(26-8)13(12(27-16)9-18(2,3)4)28-30(24,25)29-19(5,6)7;1-11-10-22(17(23)21-15(11)20)16-14(25-8)13(12(26-16)9-18(2,3)4)27-29(24,30)28-19(5,6)7;1-11-10-22(17(23)21-15(11)20)16-14(24-8)13(26-19(5,6)7)12(25-16)9-18(2,3)4/h10,12-14,16H,9H2,1-8H3,(H,24,25)(H2,20,21,23);10,12-14,16H,9H2,1-8H3,(H,24,30)(H2,20,21,23);10,12-14,16H,9H2,1-8H3,(H2,20,21,23)/t12-,13+,14?,16-;12-,13+,14?,16-,29?;12-,13+,14?,16-/m111/s1. The van der Waals surface area contributed by atoms with Gasteiger partial charge < -0.3 is 64.7 Å². The van der Waals surface area contributed by atoms with E-state index in [1.165, 1.54) is 34.1 Å². The molecule has 0 amide bonds. The molecule has 0 saturated carbocycles. The van der Waals surface area contributed by atoms with Crippen molar-refractivity contribution in [2.45, 2.75) is 255 Å². The minimum absolute atomic E-state index is 0.0393. The maximum atomic E-state index is 12.7. The van der Waals surface area contributed by atoms with E-state index >= 15 is 0 Å². The van der Waals surface area contributed by atoms with Crippen LogP contribution in [0.15, 0.2) is 33.0 Å². The van der Waals surface area contributed by atoms with Gasteiger partial charge in [-0.25, -0.2) is 18.9 Å². The van der Waals surface area contributed by atoms with Crippen LogP contribution in [-0.2, 0) is 67.6 Å². The molecule has 3 aromatic heterocycles. The van der Waals surface area contributed by atoms with E-state index < -0.39 is 104 Å². The quantitative estimate of drug-likeness (QED) is 0.0841. The molecule has 0 spiro atoms. The van der Waals surface area contributed by atoms with Crippen LogP contribution in [0, 0.1) is 37.0 Å². The summed E-state index contributed by atoms with van der Waals surface area (Å²) < 4.78 is 81.0. The molecule has 0 aromatic carbocycles. The zero-order valence-electron chi connectivity index (χ0n) is 55.0. The van der Waals surface area contributed by atoms with E-state index in [9.17, 15) is 28.7 Å². The van der Waals surface area contributed by atoms with E-state index in [2.05, 4.69) is 56.5 Å². The first-order valence-corrected chi connectivity index (χ1v) is 32.7. The zero-order valence-corrected chi connectivity index (χ0v) is 57.6. The molecule has 3 aliphatic rings. The van der Waals surface area contributed by atoms with Gasteiger partial charge >= 0.3 is 31.6 Å². The number of aryl methyl sites for hydroxylation is 3. The maximum absolute atomic E-state index is 12.7. The molecular formula is C57H101N9O17P2S. The Hall–Kier alpha value is -3.60. The summed E-state index contributed by atoms with van der Waals surface area (Å²) in [6, 6.07) is 0. The molecule has 8 N–H and O–H groups in total. The molecule has 0 bridgehead atoms. The fourth-order valence-corrected chi connectivity index (χ4v) is 13.5. The summed E-state index contributed by atoms with van der Waals surface area (Å²) in [7, 11) is 0.0804. The number of phosphoric acid groups is 1. The van der Waals surface area contributed by atoms with Crippen molar-refractivity contribution < 1.29 is 65.6 Å². The Bertz CT molecular complexity index is 2910. The summed E-state index contributed by atoms with van der Waals surface area (Å²) in [4.78, 5) is 70.0. The van der Waals surface area contributed by atoms with E-state index in [4.69, 9.17) is 80.3 Å². The van der Waals surface area contributed by atoms with Crippen molar-refractivity contribution in [2.24, 2.45) is 16.2 Å². The Morgan fingerprint density at radius 3 is 1.03 bits per heavy atom. The second-order valence-electron chi connectivity index (χ2n) is 28.8. The summed E-state index contributed by atoms with van der Waals surface area (Å²) in [5, 5.41) is 0. The third-order valence-corrected chi connectivity index (χ3v) is 16.3. The zero-order chi connectivity index (χ0) is 66.0. The molecule has 3 aliphatic heterocycles. The molecule has 6 heterocycles. The lowest BCUT2D eigenvalue weighted by Crippen LogP contribution is -2.43. The van der Waals surface area contributed by atoms with Crippen LogP contribution in [0.4, 0.5) is 17.5 Å². The number of phosphoric ester groups is 1. The van der Waals surface area contributed by atoms with Crippen LogP contribution in [0.1, 0.15) is 179 Å². The van der Waals surface area contributed by atoms with E-state index in [1.54, 1.807) is 74.9 Å². The van der Waals surface area contributed by atoms with Gasteiger partial charge in [-0.2, -0.15) is 15.0 Å². The van der Waals surface area contributed by atoms with Gasteiger partial charge in [-0.1, -0.05) is 62.3 Å². The SMILES string of the molecule is COC1[C@@H](OC(C)(C)C)[C@@H](CC(C)(C)C)O[C@H]1n1cc(C)c(N)nc1=O.COC1[C@@H](OP(=O)(O)OC(C)(C)C)[C@@H](CC(C)(C)C)O[C@H]1n1cc(C)c(N)nc1=O.COC1[C@@H](OP(O)(=S)OC(C)(C)C)[C@@H](CC(C)(C)C)O[C@H]1n1cc(C)c(N)nc1=O. The van der Waals surface area contributed by atoms with Crippen molar-refractivity contribution in [3.05, 3.63) is 66.7 Å². The Labute approximate surface area is 512 Å². The highest BCUT2D eigenvalue weighted by atomic mass is 32.5. The van der Waals surface area contributed by atoms with Gasteiger partial charge in [0.15, 0.2) is 18.7 Å². The number of anilines is 3. The lowest BCUT2D eigenvalue weighted by molar-refractivity contribution is -0.124. The van der Waals surface area contributed by atoms with Crippen LogP contribution in [0.5, 0.6) is 0 Å². The average molecular weight is 1280 g/mol. The van der Waals surface area contributed by atoms with Crippen molar-refractivity contribution in [3.8, 4) is 0 Å². The molecule has 86 heavy (non-hydrogen) atoms. The van der Waals surface area contributed by atoms with Crippen LogP contribution in [0.3, 0.4) is 0 Å². The maximum Gasteiger partial charge on any atom is 0.473 e. The fraction of sp³-hybridized carbons (Fsp3) is 0.789. The molecule has 26 nitrogen and oxygen atoms in total. The topological polar surface area (TPSA) is 342 Å². The van der Waals surface area contributed by atoms with Crippen molar-refractivity contribution in [2.75, 3.05) is 38.5 Å². The third-order valence-electron chi connectivity index (χ3n) is 13.2. The molecule has 3 aromatic rings. The number of nitrogens with zero attached hydrogens (tertiary/aromatic N) is 6. The summed E-state index contributed by atoms with van der Waals surface area (Å²) >= 11 is 5.26. The second-order valence-corrected chi connectivity index (χ2v) is 32.8. The van der Waals surface area contributed by atoms with Crippen molar-refractivity contribution in [1.82, 2.24) is 28.7 Å². The Morgan fingerprint density at radius 1 is 0.488 bits per heavy atom. The molecule has 0 radical (unpaired) electrons. The summed E-state index contributed by atoms with van der Waals surface area (Å²) in [5.41, 5.74) is 15.3. The predicted octanol–water partition coefficient (Wildman–Crippen LogP) is 8.35. The molecule has 492 valence electrons. The summed E-state index contributed by atoms with van der Waals surface area (Å²) in [5.74, 6) is 0.513. The Balaban J connectivity index is 0.000000277. The van der Waals surface area contributed by atoms with Crippen molar-refractivity contribution >= 4 is 43.8 Å². The highest BCUT2D eigenvalue weighted by Crippen LogP contribution is 2.54. The number of methoxy groups -OCH3 is 3. The second kappa shape index (κ2) is 28.3. The first kappa shape index (κ1) is 74.9. The minimum Gasteiger partial charge on any atom is -0.383 e. The Kier molecular flexibility index (Phi) is 24.6. The summed E-state index contributed by atoms with van der Waals surface area (Å²) in [6.45, 7) is 36.6. The number of nitrogen functional groups attached to an aromatic ring is 3. The van der Waals surface area contributed by atoms with Crippen LogP contribution in [0.2, 0.25) is 0 Å². The largest absolute Gasteiger partial charge is 0.473 e. The number of rotatable bonds is 16. The van der Waals surface area contributed by atoms with Gasteiger partial charge in [0.05, 0.1) is 35.1 Å². The van der Waals surface area contributed by atoms with Crippen LogP contribution < -0.4 is 34.3 Å². The van der Waals surface area contributed by atoms with Gasteiger partial charge in [-0.05, 0) is 130 Å². The number of hydrogen-bond donors (Lipinski definition) is 5. The highest BCUT2D eigenvalue weighted by molar-refractivity contribution is 8.07. The normalized spacial score (nSPS) is 27.2. The number of hydrogen-bond acceptors (Lipinski definition) is 22. The predicted molar refractivity (Wildman–Crippen MR) is 332 cm³/mol. The van der Waals surface area contributed by atoms with Crippen molar-refractivity contribution in [1.29, 1.82) is 0 Å². The molecule has 14 atom stereocenters. The first-order valence-electron chi connectivity index (χ1n) is 28.6. The molecule has 5 unspecified atom stereocenters. The smallest absolute Gasteiger partial charge is 0.383 e. The molecule has 0 aliphatic carbocycles. The number of nitrogens with two attached hydrogens (primary N) is 3. The minimum atomic E-state index is -4.45. The van der Waals surface area contributed by atoms with Gasteiger partial charge in [-0.15, -0.1) is 0 Å². The van der Waals surface area contributed by atoms with Crippen LogP contribution >= 0.6 is 14.5 Å². The molecule has 3 fully saturated rings. The number of ether oxygens (including phenoxy) is 7. The summed E-state index contributed by atoms with van der Waals surface area (Å²) in [6.07, 6.45) is -1.06. The lowest BCUT2D eigenvalue weighted by Gasteiger charge is -2.32. The monoisotopic (exact) mass is 1280 g/mol. The number of aromatic nitrogens is 6. The molecule has 3 saturated heterocycles. The van der Waals surface area contributed by atoms with Gasteiger partial charge in [0.25, 0.3) is 0 Å². The van der Waals surface area contributed by atoms with E-state index in [0.717, 1.165) is 12.0 Å². The fourth-order valence-electron chi connectivity index (χ4n) is 9.98. The first-order chi connectivity index (χ1) is 38.9. The molecule has 29 heteroatoms. The van der Waals surface area contributed by atoms with Crippen LogP contribution in [0.25, 0.3) is 0 Å². The van der Waals surface area contributed by atoms with E-state index in [-0.39, 0.29) is 51.5 Å². The molecule has 6 rings (SSSR count). The van der Waals surface area contributed by atoms with Crippen LogP contribution in [-0.4, -0.2) is 132 Å². The van der Waals surface area contributed by atoms with E-state index in [1.807, 2.05) is 48.5 Å². The van der Waals surface area contributed by atoms with Gasteiger partial charge in [-0.3, -0.25) is 27.3 Å². The third kappa shape index (κ3) is 21.8. The van der Waals surface area contributed by atoms with Gasteiger partial charge in [0.1, 0.15) is 54.1 Å². The van der Waals surface area contributed by atoms with E-state index in [0.29, 0.717) is 24.0 Å². The highest BCUT2D eigenvalue weighted by Gasteiger charge is 2.54. The van der Waals surface area contributed by atoms with Gasteiger partial charge in [0.2, 0.25) is 0 Å².